The first-order chi connectivity index (χ1) is 14.1. The lowest BCUT2D eigenvalue weighted by Gasteiger charge is -2.19. The fraction of sp³-hybridized carbons (Fsp3) is 0.435. The number of amides is 1. The zero-order chi connectivity index (χ0) is 20.4. The number of benzene rings is 1. The van der Waals surface area contributed by atoms with E-state index in [4.69, 9.17) is 0 Å². The van der Waals surface area contributed by atoms with Gasteiger partial charge in [-0.2, -0.15) is 0 Å². The van der Waals surface area contributed by atoms with E-state index in [2.05, 4.69) is 24.1 Å². The van der Waals surface area contributed by atoms with Crippen LogP contribution in [0.2, 0.25) is 0 Å². The number of carbonyl (C=O) groups is 1. The molecule has 3 aromatic rings. The van der Waals surface area contributed by atoms with E-state index in [1.807, 2.05) is 30.3 Å². The van der Waals surface area contributed by atoms with Crippen molar-refractivity contribution in [2.75, 3.05) is 0 Å². The van der Waals surface area contributed by atoms with Crippen molar-refractivity contribution in [3.05, 3.63) is 63.0 Å². The molecule has 4 rings (SSSR count). The Hall–Kier alpha value is -2.47. The summed E-state index contributed by atoms with van der Waals surface area (Å²) < 4.78 is 1.46. The summed E-state index contributed by atoms with van der Waals surface area (Å²) in [5.41, 5.74) is 2.15. The molecule has 0 fully saturated rings. The van der Waals surface area contributed by atoms with Crippen LogP contribution >= 0.6 is 11.3 Å². The molecule has 1 aromatic carbocycles. The minimum atomic E-state index is -0.159. The molecule has 0 bridgehead atoms. The van der Waals surface area contributed by atoms with Gasteiger partial charge in [0, 0.05) is 4.88 Å². The van der Waals surface area contributed by atoms with Crippen molar-refractivity contribution in [3.63, 3.8) is 0 Å². The van der Waals surface area contributed by atoms with Gasteiger partial charge in [-0.25, -0.2) is 4.98 Å². The summed E-state index contributed by atoms with van der Waals surface area (Å²) in [7, 11) is 0. The average Bonchev–Trinajstić information content (AvgIpc) is 3.08. The second-order valence-electron chi connectivity index (χ2n) is 8.03. The quantitative estimate of drug-likeness (QED) is 0.662. The molecule has 0 unspecified atom stereocenters. The summed E-state index contributed by atoms with van der Waals surface area (Å²) in [6.07, 6.45) is 6.39. The number of nitrogens with zero attached hydrogens (tertiary/aromatic N) is 2. The molecule has 1 N–H and O–H groups in total. The normalized spacial score (nSPS) is 17.1. The number of carbonyl (C=O) groups excluding carboxylic acids is 1. The van der Waals surface area contributed by atoms with Gasteiger partial charge in [0.25, 0.3) is 5.56 Å². The second kappa shape index (κ2) is 8.49. The van der Waals surface area contributed by atoms with Crippen molar-refractivity contribution < 1.29 is 4.79 Å². The first kappa shape index (κ1) is 19.8. The van der Waals surface area contributed by atoms with Crippen LogP contribution in [0.4, 0.5) is 0 Å². The first-order valence-corrected chi connectivity index (χ1v) is 11.2. The fourth-order valence-corrected chi connectivity index (χ4v) is 5.51. The summed E-state index contributed by atoms with van der Waals surface area (Å²) in [4.78, 5) is 32.4. The van der Waals surface area contributed by atoms with Gasteiger partial charge in [0.15, 0.2) is 0 Å². The minimum Gasteiger partial charge on any atom is -0.348 e. The molecule has 152 valence electrons. The largest absolute Gasteiger partial charge is 0.348 e. The minimum absolute atomic E-state index is 0.00412. The molecule has 2 atom stereocenters. The van der Waals surface area contributed by atoms with Crippen LogP contribution in [0.3, 0.4) is 0 Å². The highest BCUT2D eigenvalue weighted by atomic mass is 32.1. The van der Waals surface area contributed by atoms with E-state index in [1.54, 1.807) is 11.3 Å². The zero-order valence-corrected chi connectivity index (χ0v) is 17.8. The lowest BCUT2D eigenvalue weighted by Crippen LogP contribution is -2.35. The third-order valence-corrected chi connectivity index (χ3v) is 6.87. The van der Waals surface area contributed by atoms with Gasteiger partial charge in [0.05, 0.1) is 17.8 Å². The molecule has 2 aromatic heterocycles. The van der Waals surface area contributed by atoms with Crippen molar-refractivity contribution in [1.29, 1.82) is 0 Å². The Morgan fingerprint density at radius 2 is 2.14 bits per heavy atom. The Morgan fingerprint density at radius 3 is 2.90 bits per heavy atom. The molecule has 0 saturated heterocycles. The van der Waals surface area contributed by atoms with Gasteiger partial charge in [-0.05, 0) is 42.7 Å². The highest BCUT2D eigenvalue weighted by Gasteiger charge is 2.23. The van der Waals surface area contributed by atoms with E-state index in [1.165, 1.54) is 15.8 Å². The molecule has 5 nitrogen and oxygen atoms in total. The predicted octanol–water partition coefficient (Wildman–Crippen LogP) is 4.24. The number of fused-ring (bicyclic) bond motifs is 3. The molecule has 6 heteroatoms. The van der Waals surface area contributed by atoms with E-state index >= 15 is 0 Å². The Bertz CT molecular complexity index is 1070. The van der Waals surface area contributed by atoms with Crippen molar-refractivity contribution >= 4 is 27.5 Å². The lowest BCUT2D eigenvalue weighted by molar-refractivity contribution is -0.122. The van der Waals surface area contributed by atoms with Gasteiger partial charge < -0.3 is 5.32 Å². The van der Waals surface area contributed by atoms with Crippen molar-refractivity contribution in [1.82, 2.24) is 14.9 Å². The van der Waals surface area contributed by atoms with E-state index in [9.17, 15) is 9.59 Å². The summed E-state index contributed by atoms with van der Waals surface area (Å²) in [5, 5.41) is 3.82. The van der Waals surface area contributed by atoms with Crippen LogP contribution in [-0.2, 0) is 24.2 Å². The highest BCUT2D eigenvalue weighted by molar-refractivity contribution is 7.18. The van der Waals surface area contributed by atoms with Crippen molar-refractivity contribution in [2.24, 2.45) is 5.92 Å². The van der Waals surface area contributed by atoms with E-state index in [-0.39, 0.29) is 24.1 Å². The average molecular weight is 410 g/mol. The number of rotatable bonds is 6. The van der Waals surface area contributed by atoms with Crippen LogP contribution in [0.1, 0.15) is 55.2 Å². The van der Waals surface area contributed by atoms with Gasteiger partial charge in [0.1, 0.15) is 11.4 Å². The maximum absolute atomic E-state index is 13.1. The molecule has 0 aliphatic heterocycles. The Labute approximate surface area is 174 Å². The Kier molecular flexibility index (Phi) is 5.81. The third-order valence-electron chi connectivity index (χ3n) is 5.71. The number of thiophene rings is 1. The fourth-order valence-electron chi connectivity index (χ4n) is 4.17. The molecule has 0 spiro atoms. The van der Waals surface area contributed by atoms with Crippen LogP contribution < -0.4 is 10.9 Å². The monoisotopic (exact) mass is 409 g/mol. The third kappa shape index (κ3) is 4.13. The lowest BCUT2D eigenvalue weighted by atomic mass is 9.89. The number of aryl methyl sites for hydroxylation is 1. The first-order valence-electron chi connectivity index (χ1n) is 10.4. The Balaban J connectivity index is 1.56. The number of hydrogen-bond donors (Lipinski definition) is 1. The predicted molar refractivity (Wildman–Crippen MR) is 117 cm³/mol. The molecule has 1 aliphatic carbocycles. The van der Waals surface area contributed by atoms with Gasteiger partial charge >= 0.3 is 0 Å². The van der Waals surface area contributed by atoms with Crippen molar-refractivity contribution in [3.8, 4) is 0 Å². The van der Waals surface area contributed by atoms with Gasteiger partial charge in [-0.3, -0.25) is 14.2 Å². The van der Waals surface area contributed by atoms with Crippen LogP contribution in [0.25, 0.3) is 10.2 Å². The number of nitrogens with one attached hydrogen (secondary N) is 1. The highest BCUT2D eigenvalue weighted by Crippen LogP contribution is 2.35. The molecular formula is C23H27N3O2S. The number of hydrogen-bond acceptors (Lipinski definition) is 4. The SMILES string of the molecule is CCC[C@H](NC(=O)Cn1cnc2sc3c(c2c1=O)CC[C@@H](C)C3)c1ccccc1. The van der Waals surface area contributed by atoms with Crippen molar-refractivity contribution in [2.45, 2.75) is 58.5 Å². The molecule has 1 amide bonds. The Morgan fingerprint density at radius 1 is 1.34 bits per heavy atom. The molecule has 2 heterocycles. The standard InChI is InChI=1S/C23H27N3O2S/c1-3-7-18(16-8-5-4-6-9-16)25-20(27)13-26-14-24-22-21(23(26)28)17-11-10-15(2)12-19(17)29-22/h4-6,8-9,14-15,18H,3,7,10-13H2,1-2H3,(H,25,27)/t15-,18+/m1/s1. The van der Waals surface area contributed by atoms with E-state index in [0.29, 0.717) is 5.92 Å². The second-order valence-corrected chi connectivity index (χ2v) is 9.11. The maximum Gasteiger partial charge on any atom is 0.262 e. The summed E-state index contributed by atoms with van der Waals surface area (Å²) in [6, 6.07) is 9.94. The van der Waals surface area contributed by atoms with Crippen LogP contribution in [0.5, 0.6) is 0 Å². The van der Waals surface area contributed by atoms with Crippen LogP contribution in [0, 0.1) is 5.92 Å². The summed E-state index contributed by atoms with van der Waals surface area (Å²) in [6.45, 7) is 4.35. The maximum atomic E-state index is 13.1. The summed E-state index contributed by atoms with van der Waals surface area (Å²) in [5.74, 6) is 0.491. The topological polar surface area (TPSA) is 64.0 Å². The molecule has 1 aliphatic rings. The van der Waals surface area contributed by atoms with E-state index in [0.717, 1.165) is 53.4 Å². The zero-order valence-electron chi connectivity index (χ0n) is 17.0. The van der Waals surface area contributed by atoms with Crippen LogP contribution in [-0.4, -0.2) is 15.5 Å². The molecule has 29 heavy (non-hydrogen) atoms. The molecule has 0 saturated carbocycles. The smallest absolute Gasteiger partial charge is 0.262 e. The van der Waals surface area contributed by atoms with Gasteiger partial charge in [-0.1, -0.05) is 50.6 Å². The summed E-state index contributed by atoms with van der Waals surface area (Å²) >= 11 is 1.63. The number of aromatic nitrogens is 2. The van der Waals surface area contributed by atoms with E-state index < -0.39 is 0 Å². The van der Waals surface area contributed by atoms with Gasteiger partial charge in [-0.15, -0.1) is 11.3 Å². The molecular weight excluding hydrogens is 382 g/mol. The van der Waals surface area contributed by atoms with Crippen LogP contribution in [0.15, 0.2) is 41.5 Å². The molecule has 0 radical (unpaired) electrons. The van der Waals surface area contributed by atoms with Gasteiger partial charge in [0.2, 0.25) is 5.91 Å².